The lowest BCUT2D eigenvalue weighted by Gasteiger charge is -1.86. The molecule has 0 saturated carbocycles. The fourth-order valence-electron chi connectivity index (χ4n) is 0.184. The lowest BCUT2D eigenvalue weighted by molar-refractivity contribution is -0.106. The average molecular weight is 100 g/mol. The molecular formula is C4H8N2O. The summed E-state index contributed by atoms with van der Waals surface area (Å²) in [7, 11) is 0. The van der Waals surface area contributed by atoms with Gasteiger partial charge in [0.15, 0.2) is 0 Å². The zero-order valence-electron chi connectivity index (χ0n) is 3.98. The third-order valence-corrected chi connectivity index (χ3v) is 0.576. The number of nitrogens with two attached hydrogens (primary N) is 1. The summed E-state index contributed by atoms with van der Waals surface area (Å²) in [6, 6.07) is 0. The summed E-state index contributed by atoms with van der Waals surface area (Å²) in [4.78, 5) is 9.58. The van der Waals surface area contributed by atoms with Crippen LogP contribution in [-0.2, 0) is 4.79 Å². The first kappa shape index (κ1) is 6.30. The Bertz CT molecular complexity index is 79.8. The molecule has 0 bridgehead atoms. The Morgan fingerprint density at radius 3 is 2.57 bits per heavy atom. The first-order chi connectivity index (χ1) is 3.31. The Balaban J connectivity index is 3.17. The summed E-state index contributed by atoms with van der Waals surface area (Å²) >= 11 is 0. The van der Waals surface area contributed by atoms with Crippen LogP contribution in [0.15, 0.2) is 0 Å². The van der Waals surface area contributed by atoms with Gasteiger partial charge in [-0.15, -0.1) is 0 Å². The fourth-order valence-corrected chi connectivity index (χ4v) is 0.184. The molecule has 3 N–H and O–H groups in total. The molecule has 0 aliphatic rings. The molecule has 0 amide bonds. The molecule has 0 aromatic heterocycles. The van der Waals surface area contributed by atoms with Crippen LogP contribution in [0.5, 0.6) is 0 Å². The lowest BCUT2D eigenvalue weighted by Crippen LogP contribution is -2.12. The summed E-state index contributed by atoms with van der Waals surface area (Å²) < 4.78 is 0. The highest BCUT2D eigenvalue weighted by Crippen LogP contribution is 1.71. The Morgan fingerprint density at radius 1 is 1.86 bits per heavy atom. The summed E-state index contributed by atoms with van der Waals surface area (Å²) in [5, 5.41) is 6.78. The highest BCUT2D eigenvalue weighted by Gasteiger charge is 1.86. The Morgan fingerprint density at radius 2 is 2.43 bits per heavy atom. The van der Waals surface area contributed by atoms with Crippen LogP contribution in [0.4, 0.5) is 0 Å². The Hall–Kier alpha value is -0.700. The van der Waals surface area contributed by atoms with Gasteiger partial charge in [0.05, 0.1) is 0 Å². The normalized spacial score (nSPS) is 8.14. The van der Waals surface area contributed by atoms with Crippen LogP contribution in [0, 0.1) is 5.41 Å². The highest BCUT2D eigenvalue weighted by atomic mass is 16.1. The van der Waals surface area contributed by atoms with Crippen molar-refractivity contribution in [2.75, 3.05) is 6.54 Å². The molecule has 0 rings (SSSR count). The molecule has 0 atom stereocenters. The van der Waals surface area contributed by atoms with Crippen LogP contribution in [0.1, 0.15) is 6.42 Å². The van der Waals surface area contributed by atoms with Gasteiger partial charge >= 0.3 is 0 Å². The van der Waals surface area contributed by atoms with E-state index in [9.17, 15) is 4.79 Å². The molecule has 0 aromatic carbocycles. The number of nitrogens with one attached hydrogen (secondary N) is 1. The van der Waals surface area contributed by atoms with Gasteiger partial charge in [-0.25, -0.2) is 0 Å². The summed E-state index contributed by atoms with van der Waals surface area (Å²) in [6.07, 6.45) is 0.853. The van der Waals surface area contributed by atoms with Crippen LogP contribution in [0.2, 0.25) is 0 Å². The third-order valence-electron chi connectivity index (χ3n) is 0.576. The topological polar surface area (TPSA) is 66.9 Å². The van der Waals surface area contributed by atoms with E-state index < -0.39 is 0 Å². The van der Waals surface area contributed by atoms with Crippen molar-refractivity contribution in [2.24, 2.45) is 5.73 Å². The van der Waals surface area contributed by atoms with E-state index in [4.69, 9.17) is 11.1 Å². The van der Waals surface area contributed by atoms with Crippen LogP contribution in [0.3, 0.4) is 0 Å². The van der Waals surface area contributed by atoms with E-state index in [0.717, 1.165) is 0 Å². The zero-order valence-corrected chi connectivity index (χ0v) is 3.98. The molecule has 0 fully saturated rings. The second-order valence-corrected chi connectivity index (χ2v) is 1.18. The van der Waals surface area contributed by atoms with Crippen LogP contribution < -0.4 is 5.73 Å². The molecule has 7 heavy (non-hydrogen) atoms. The number of hydrogen-bond donors (Lipinski definition) is 2. The number of hydrogen-bond acceptors (Lipinski definition) is 3. The van der Waals surface area contributed by atoms with Crippen LogP contribution >= 0.6 is 0 Å². The fraction of sp³-hybridized carbons (Fsp3) is 0.500. The second-order valence-electron chi connectivity index (χ2n) is 1.18. The van der Waals surface area contributed by atoms with Crippen molar-refractivity contribution >= 4 is 12.0 Å². The van der Waals surface area contributed by atoms with Gasteiger partial charge in [0.25, 0.3) is 0 Å². The van der Waals surface area contributed by atoms with Gasteiger partial charge in [0.1, 0.15) is 6.29 Å². The van der Waals surface area contributed by atoms with E-state index in [1.54, 1.807) is 0 Å². The van der Waals surface area contributed by atoms with Crippen LogP contribution in [0.25, 0.3) is 0 Å². The SMILES string of the molecule is N=C(CN)CC=O. The molecule has 0 heterocycles. The first-order valence-electron chi connectivity index (χ1n) is 2.01. The third kappa shape index (κ3) is 3.12. The number of carbonyl (C=O) groups excluding carboxylic acids is 1. The lowest BCUT2D eigenvalue weighted by atomic mass is 10.3. The summed E-state index contributed by atoms with van der Waals surface area (Å²) in [6.45, 7) is 0.193. The van der Waals surface area contributed by atoms with Gasteiger partial charge in [-0.1, -0.05) is 0 Å². The van der Waals surface area contributed by atoms with Gasteiger partial charge in [0, 0.05) is 18.7 Å². The monoisotopic (exact) mass is 100 g/mol. The van der Waals surface area contributed by atoms with E-state index in [1.165, 1.54) is 0 Å². The molecule has 0 unspecified atom stereocenters. The van der Waals surface area contributed by atoms with Crippen molar-refractivity contribution < 1.29 is 4.79 Å². The van der Waals surface area contributed by atoms with Gasteiger partial charge in [-0.3, -0.25) is 0 Å². The van der Waals surface area contributed by atoms with E-state index in [0.29, 0.717) is 6.29 Å². The van der Waals surface area contributed by atoms with Crippen molar-refractivity contribution in [3.63, 3.8) is 0 Å². The number of aldehydes is 1. The maximum absolute atomic E-state index is 9.58. The smallest absolute Gasteiger partial charge is 0.125 e. The molecule has 0 aliphatic carbocycles. The number of rotatable bonds is 3. The van der Waals surface area contributed by atoms with Crippen molar-refractivity contribution in [3.8, 4) is 0 Å². The predicted octanol–water partition coefficient (Wildman–Crippen LogP) is -0.446. The summed E-state index contributed by atoms with van der Waals surface area (Å²) in [5.74, 6) is 0. The molecule has 3 heteroatoms. The minimum Gasteiger partial charge on any atom is -0.326 e. The van der Waals surface area contributed by atoms with Gasteiger partial charge in [0.2, 0.25) is 0 Å². The Kier molecular flexibility index (Phi) is 3.14. The minimum absolute atomic E-state index is 0.177. The standard InChI is InChI=1S/C4H8N2O/c5-3-4(6)1-2-7/h2,6H,1,3,5H2. The maximum Gasteiger partial charge on any atom is 0.125 e. The largest absolute Gasteiger partial charge is 0.326 e. The van der Waals surface area contributed by atoms with Crippen LogP contribution in [-0.4, -0.2) is 18.5 Å². The highest BCUT2D eigenvalue weighted by molar-refractivity contribution is 5.92. The number of carbonyl (C=O) groups is 1. The maximum atomic E-state index is 9.58. The molecular weight excluding hydrogens is 92.1 g/mol. The molecule has 0 radical (unpaired) electrons. The van der Waals surface area contributed by atoms with E-state index >= 15 is 0 Å². The van der Waals surface area contributed by atoms with E-state index in [1.807, 2.05) is 0 Å². The van der Waals surface area contributed by atoms with Crippen molar-refractivity contribution in [1.82, 2.24) is 0 Å². The molecule has 0 spiro atoms. The molecule has 3 nitrogen and oxygen atoms in total. The predicted molar refractivity (Wildman–Crippen MR) is 27.5 cm³/mol. The van der Waals surface area contributed by atoms with E-state index in [2.05, 4.69) is 0 Å². The average Bonchev–Trinajstić information content (AvgIpc) is 1.68. The van der Waals surface area contributed by atoms with Crippen molar-refractivity contribution in [1.29, 1.82) is 5.41 Å². The zero-order chi connectivity index (χ0) is 5.70. The van der Waals surface area contributed by atoms with Gasteiger partial charge < -0.3 is 15.9 Å². The molecule has 0 saturated heterocycles. The van der Waals surface area contributed by atoms with Gasteiger partial charge in [-0.05, 0) is 0 Å². The second kappa shape index (κ2) is 3.49. The molecule has 40 valence electrons. The first-order valence-corrected chi connectivity index (χ1v) is 2.01. The van der Waals surface area contributed by atoms with E-state index in [-0.39, 0.29) is 18.7 Å². The van der Waals surface area contributed by atoms with Gasteiger partial charge in [-0.2, -0.15) is 0 Å². The molecule has 0 aliphatic heterocycles. The quantitative estimate of drug-likeness (QED) is 0.372. The Labute approximate surface area is 42.0 Å². The minimum atomic E-state index is 0.177. The van der Waals surface area contributed by atoms with Crippen molar-refractivity contribution in [3.05, 3.63) is 0 Å². The molecule has 0 aromatic rings. The summed E-state index contributed by atoms with van der Waals surface area (Å²) in [5.41, 5.74) is 5.26. The van der Waals surface area contributed by atoms with Crippen molar-refractivity contribution in [2.45, 2.75) is 6.42 Å².